The van der Waals surface area contributed by atoms with Gasteiger partial charge in [0, 0.05) is 11.8 Å². The molecule has 0 atom stereocenters. The summed E-state index contributed by atoms with van der Waals surface area (Å²) in [6, 6.07) is 3.38. The molecule has 0 N–H and O–H groups in total. The normalized spacial score (nSPS) is 9.17. The number of pyridine rings is 1. The molecular weight excluding hydrogens is 216 g/mol. The van der Waals surface area contributed by atoms with E-state index in [1.54, 1.807) is 18.3 Å². The molecule has 68 valence electrons. The van der Waals surface area contributed by atoms with E-state index in [1.807, 2.05) is 13.8 Å². The Morgan fingerprint density at radius 3 is 2.17 bits per heavy atom. The van der Waals surface area contributed by atoms with Crippen LogP contribution in [0.1, 0.15) is 24.2 Å². The fourth-order valence-electron chi connectivity index (χ4n) is 0.516. The average molecular weight is 227 g/mol. The van der Waals surface area contributed by atoms with Gasteiger partial charge in [0.2, 0.25) is 0 Å². The zero-order chi connectivity index (χ0) is 9.56. The summed E-state index contributed by atoms with van der Waals surface area (Å²) in [6.07, 6.45) is 1.55. The highest BCUT2D eigenvalue weighted by molar-refractivity contribution is 6.44. The largest absolute Gasteiger partial charge is 0.244 e. The van der Waals surface area contributed by atoms with Crippen molar-refractivity contribution in [3.8, 4) is 0 Å². The minimum Gasteiger partial charge on any atom is -0.244 e. The Kier molecular flexibility index (Phi) is 6.54. The van der Waals surface area contributed by atoms with Gasteiger partial charge in [-0.25, -0.2) is 4.98 Å². The number of rotatable bonds is 1. The fraction of sp³-hybridized carbons (Fsp3) is 0.375. The van der Waals surface area contributed by atoms with Crippen LogP contribution in [-0.4, -0.2) is 4.98 Å². The predicted octanol–water partition coefficient (Wildman–Crippen LogP) is 4.24. The maximum atomic E-state index is 5.54. The Balaban J connectivity index is 0.000000561. The second kappa shape index (κ2) is 6.53. The summed E-state index contributed by atoms with van der Waals surface area (Å²) in [5.74, 6) is 0. The summed E-state index contributed by atoms with van der Waals surface area (Å²) in [4.78, 5) is 3.27. The zero-order valence-corrected chi connectivity index (χ0v) is 9.16. The third-order valence-electron chi connectivity index (χ3n) is 1.00. The van der Waals surface area contributed by atoms with Crippen LogP contribution in [0.2, 0.25) is 5.15 Å². The van der Waals surface area contributed by atoms with E-state index in [0.29, 0.717) is 5.15 Å². The van der Waals surface area contributed by atoms with Crippen molar-refractivity contribution in [2.45, 2.75) is 18.7 Å². The van der Waals surface area contributed by atoms with E-state index in [9.17, 15) is 0 Å². The Morgan fingerprint density at radius 1 is 1.25 bits per heavy atom. The molecule has 0 radical (unpaired) electrons. The monoisotopic (exact) mass is 225 g/mol. The third kappa shape index (κ3) is 4.15. The van der Waals surface area contributed by atoms with Crippen LogP contribution in [0.25, 0.3) is 0 Å². The fourth-order valence-corrected chi connectivity index (χ4v) is 0.886. The molecule has 4 heteroatoms. The van der Waals surface area contributed by atoms with Crippen molar-refractivity contribution in [2.75, 3.05) is 0 Å². The van der Waals surface area contributed by atoms with Crippen molar-refractivity contribution in [3.05, 3.63) is 29.0 Å². The first-order chi connectivity index (χ1) is 5.70. The van der Waals surface area contributed by atoms with Crippen LogP contribution in [-0.2, 0) is 0 Å². The van der Waals surface area contributed by atoms with E-state index < -0.39 is 4.84 Å². The first kappa shape index (κ1) is 12.0. The van der Waals surface area contributed by atoms with Crippen molar-refractivity contribution < 1.29 is 0 Å². The van der Waals surface area contributed by atoms with Crippen LogP contribution in [0.3, 0.4) is 0 Å². The molecule has 0 amide bonds. The van der Waals surface area contributed by atoms with E-state index in [2.05, 4.69) is 4.98 Å². The lowest BCUT2D eigenvalue weighted by atomic mass is 10.3. The summed E-state index contributed by atoms with van der Waals surface area (Å²) in [5.41, 5.74) is 0.757. The van der Waals surface area contributed by atoms with Crippen molar-refractivity contribution in [1.29, 1.82) is 0 Å². The topological polar surface area (TPSA) is 12.9 Å². The lowest BCUT2D eigenvalue weighted by Crippen LogP contribution is -1.82. The summed E-state index contributed by atoms with van der Waals surface area (Å²) < 4.78 is 0. The highest BCUT2D eigenvalue weighted by atomic mass is 35.5. The molecule has 0 aliphatic heterocycles. The Labute approximate surface area is 87.7 Å². The molecule has 0 saturated heterocycles. The number of aromatic nitrogens is 1. The minimum atomic E-state index is -0.523. The molecule has 1 aromatic rings. The van der Waals surface area contributed by atoms with Crippen LogP contribution in [0.4, 0.5) is 0 Å². The second-order valence-corrected chi connectivity index (χ2v) is 3.20. The lowest BCUT2D eigenvalue weighted by Gasteiger charge is -1.98. The average Bonchev–Trinajstić information content (AvgIpc) is 2.09. The molecule has 1 heterocycles. The van der Waals surface area contributed by atoms with Gasteiger partial charge in [0.15, 0.2) is 0 Å². The van der Waals surface area contributed by atoms with Gasteiger partial charge in [-0.05, 0) is 6.07 Å². The molecule has 1 nitrogen and oxygen atoms in total. The molecule has 0 fully saturated rings. The predicted molar refractivity (Wildman–Crippen MR) is 55.0 cm³/mol. The summed E-state index contributed by atoms with van der Waals surface area (Å²) in [7, 11) is 0. The standard InChI is InChI=1S/C6H4Cl3N.C2H6/c7-5-2-1-4(3-10-5)6(8)9;1-2/h1-3,6H;1-2H3. The highest BCUT2D eigenvalue weighted by Crippen LogP contribution is 2.23. The maximum absolute atomic E-state index is 5.54. The van der Waals surface area contributed by atoms with E-state index in [4.69, 9.17) is 34.8 Å². The van der Waals surface area contributed by atoms with Gasteiger partial charge < -0.3 is 0 Å². The zero-order valence-electron chi connectivity index (χ0n) is 6.89. The first-order valence-electron chi connectivity index (χ1n) is 3.60. The van der Waals surface area contributed by atoms with Crippen LogP contribution in [0.15, 0.2) is 18.3 Å². The first-order valence-corrected chi connectivity index (χ1v) is 4.85. The summed E-state index contributed by atoms with van der Waals surface area (Å²) in [6.45, 7) is 4.00. The van der Waals surface area contributed by atoms with Crippen LogP contribution in [0, 0.1) is 0 Å². The molecular formula is C8H10Cl3N. The van der Waals surface area contributed by atoms with Crippen molar-refractivity contribution in [1.82, 2.24) is 4.98 Å². The van der Waals surface area contributed by atoms with E-state index in [0.717, 1.165) is 5.56 Å². The van der Waals surface area contributed by atoms with Gasteiger partial charge in [-0.1, -0.05) is 31.5 Å². The number of nitrogens with zero attached hydrogens (tertiary/aromatic N) is 1. The molecule has 0 unspecified atom stereocenters. The molecule has 0 aromatic carbocycles. The molecule has 0 spiro atoms. The van der Waals surface area contributed by atoms with Gasteiger partial charge in [-0.15, -0.1) is 23.2 Å². The molecule has 1 aromatic heterocycles. The van der Waals surface area contributed by atoms with Crippen LogP contribution < -0.4 is 0 Å². The van der Waals surface area contributed by atoms with Gasteiger partial charge in [0.25, 0.3) is 0 Å². The molecule has 0 aliphatic rings. The summed E-state index contributed by atoms with van der Waals surface area (Å²) in [5, 5.41) is 0.442. The Bertz CT molecular complexity index is 208. The van der Waals surface area contributed by atoms with E-state index in [-0.39, 0.29) is 0 Å². The number of hydrogen-bond donors (Lipinski definition) is 0. The summed E-state index contributed by atoms with van der Waals surface area (Å²) >= 11 is 16.6. The maximum Gasteiger partial charge on any atom is 0.134 e. The lowest BCUT2D eigenvalue weighted by molar-refractivity contribution is 1.23. The van der Waals surface area contributed by atoms with Crippen LogP contribution in [0.5, 0.6) is 0 Å². The van der Waals surface area contributed by atoms with Gasteiger partial charge in [-0.3, -0.25) is 0 Å². The van der Waals surface area contributed by atoms with Gasteiger partial charge in [0.1, 0.15) is 9.99 Å². The minimum absolute atomic E-state index is 0.442. The molecule has 0 bridgehead atoms. The third-order valence-corrected chi connectivity index (χ3v) is 1.73. The van der Waals surface area contributed by atoms with Gasteiger partial charge >= 0.3 is 0 Å². The Morgan fingerprint density at radius 2 is 1.83 bits per heavy atom. The quantitative estimate of drug-likeness (QED) is 0.516. The van der Waals surface area contributed by atoms with Gasteiger partial charge in [-0.2, -0.15) is 0 Å². The SMILES string of the molecule is CC.Clc1ccc(C(Cl)Cl)cn1. The molecule has 0 saturated carbocycles. The number of alkyl halides is 2. The van der Waals surface area contributed by atoms with E-state index in [1.165, 1.54) is 0 Å². The second-order valence-electron chi connectivity index (χ2n) is 1.71. The van der Waals surface area contributed by atoms with Crippen molar-refractivity contribution >= 4 is 34.8 Å². The molecule has 0 aliphatic carbocycles. The van der Waals surface area contributed by atoms with Gasteiger partial charge in [0.05, 0.1) is 0 Å². The molecule has 1 rings (SSSR count). The number of hydrogen-bond acceptors (Lipinski definition) is 1. The van der Waals surface area contributed by atoms with E-state index >= 15 is 0 Å². The van der Waals surface area contributed by atoms with Crippen molar-refractivity contribution in [2.24, 2.45) is 0 Å². The molecule has 12 heavy (non-hydrogen) atoms. The van der Waals surface area contributed by atoms with Crippen molar-refractivity contribution in [3.63, 3.8) is 0 Å². The smallest absolute Gasteiger partial charge is 0.134 e. The number of halogens is 3. The highest BCUT2D eigenvalue weighted by Gasteiger charge is 2.01. The van der Waals surface area contributed by atoms with Crippen LogP contribution >= 0.6 is 34.8 Å². The Hall–Kier alpha value is 0.0200.